The van der Waals surface area contributed by atoms with Gasteiger partial charge in [0.05, 0.1) is 11.3 Å². The van der Waals surface area contributed by atoms with Crippen molar-refractivity contribution in [3.8, 4) is 0 Å². The Morgan fingerprint density at radius 3 is 2.60 bits per heavy atom. The molecule has 0 atom stereocenters. The summed E-state index contributed by atoms with van der Waals surface area (Å²) in [6, 6.07) is 10.1. The molecule has 20 heavy (non-hydrogen) atoms. The number of nitrogens with one attached hydrogen (secondary N) is 1. The summed E-state index contributed by atoms with van der Waals surface area (Å²) in [5.74, 6) is -1.43. The molecule has 0 unspecified atom stereocenters. The maximum Gasteiger partial charge on any atom is 2.00 e. The fourth-order valence-electron chi connectivity index (χ4n) is 1.50. The Morgan fingerprint density at radius 1 is 1.20 bits per heavy atom. The second kappa shape index (κ2) is 8.21. The van der Waals surface area contributed by atoms with E-state index in [2.05, 4.69) is 5.32 Å². The molecule has 1 aromatic heterocycles. The largest absolute Gasteiger partial charge is 2.00 e. The predicted octanol–water partition coefficient (Wildman–Crippen LogP) is 2.94. The number of hydrogen-bond donors (Lipinski definition) is 2. The molecule has 0 aliphatic heterocycles. The van der Waals surface area contributed by atoms with Crippen LogP contribution in [0.3, 0.4) is 0 Å². The third-order valence-electron chi connectivity index (χ3n) is 2.36. The minimum absolute atomic E-state index is 0. The van der Waals surface area contributed by atoms with Crippen molar-refractivity contribution in [3.63, 3.8) is 0 Å². The Hall–Kier alpha value is -1.14. The Morgan fingerprint density at radius 2 is 1.95 bits per heavy atom. The van der Waals surface area contributed by atoms with Gasteiger partial charge in [-0.05, 0) is 29.7 Å². The monoisotopic (exact) mass is 315 g/mol. The van der Waals surface area contributed by atoms with E-state index in [1.54, 1.807) is 24.3 Å². The van der Waals surface area contributed by atoms with Gasteiger partial charge in [-0.2, -0.15) is 0 Å². The van der Waals surface area contributed by atoms with Gasteiger partial charge >= 0.3 is 43.7 Å². The number of thiophene rings is 1. The van der Waals surface area contributed by atoms with E-state index in [4.69, 9.17) is 5.11 Å². The zero-order chi connectivity index (χ0) is 13.7. The number of rotatable bonds is 4. The molecule has 1 aromatic carbocycles. The molecule has 1 amide bonds. The number of carboxylic acid groups (broad SMARTS) is 1. The number of carbonyl (C=O) groups excluding carboxylic acids is 1. The van der Waals surface area contributed by atoms with Gasteiger partial charge in [0, 0.05) is 11.0 Å². The Balaban J connectivity index is 0. The van der Waals surface area contributed by atoms with Crippen LogP contribution in [0.5, 0.6) is 0 Å². The van der Waals surface area contributed by atoms with Gasteiger partial charge in [0.2, 0.25) is 5.91 Å². The molecule has 0 bridgehead atoms. The van der Waals surface area contributed by atoms with E-state index in [-0.39, 0.29) is 57.7 Å². The molecule has 2 rings (SSSR count). The number of carboxylic acids is 1. The van der Waals surface area contributed by atoms with Gasteiger partial charge < -0.3 is 13.3 Å². The standard InChI is InChI=1S/C14H11NO3S.Ca.2H/c16-13(8-7-10-4-3-9-19-10)15-12-6-2-1-5-11(12)14(17)18;;;/h1-9H,(H,15,16)(H,17,18);;;/q;+2;2*-1. The number of carbonyl (C=O) groups is 2. The summed E-state index contributed by atoms with van der Waals surface area (Å²) in [5, 5.41) is 13.5. The summed E-state index contributed by atoms with van der Waals surface area (Å²) in [4.78, 5) is 23.6. The van der Waals surface area contributed by atoms with E-state index < -0.39 is 5.97 Å². The van der Waals surface area contributed by atoms with E-state index in [9.17, 15) is 9.59 Å². The third-order valence-corrected chi connectivity index (χ3v) is 3.20. The number of benzene rings is 1. The number of amides is 1. The van der Waals surface area contributed by atoms with Gasteiger partial charge in [-0.15, -0.1) is 11.3 Å². The molecule has 0 aliphatic carbocycles. The molecule has 0 spiro atoms. The molecular weight excluding hydrogens is 302 g/mol. The average molecular weight is 315 g/mol. The molecule has 4 nitrogen and oxygen atoms in total. The molecule has 0 aliphatic rings. The number of para-hydroxylation sites is 1. The summed E-state index contributed by atoms with van der Waals surface area (Å²) in [5.41, 5.74) is 0.358. The summed E-state index contributed by atoms with van der Waals surface area (Å²) >= 11 is 1.52. The van der Waals surface area contributed by atoms with Gasteiger partial charge in [0.1, 0.15) is 0 Å². The second-order valence-corrected chi connectivity index (χ2v) is 4.67. The molecule has 0 saturated heterocycles. The van der Waals surface area contributed by atoms with Crippen LogP contribution in [-0.4, -0.2) is 54.7 Å². The van der Waals surface area contributed by atoms with E-state index >= 15 is 0 Å². The molecule has 2 N–H and O–H groups in total. The summed E-state index contributed by atoms with van der Waals surface area (Å²) < 4.78 is 0. The van der Waals surface area contributed by atoms with E-state index in [0.717, 1.165) is 4.88 Å². The van der Waals surface area contributed by atoms with Crippen LogP contribution < -0.4 is 5.32 Å². The van der Waals surface area contributed by atoms with Gasteiger partial charge in [-0.25, -0.2) is 4.79 Å². The smallest absolute Gasteiger partial charge is 1.00 e. The topological polar surface area (TPSA) is 66.4 Å². The SMILES string of the molecule is O=C(C=Cc1cccs1)Nc1ccccc1C(=O)O.[Ca+2].[H-].[H-]. The zero-order valence-electron chi connectivity index (χ0n) is 12.6. The molecule has 2 aromatic rings. The zero-order valence-corrected chi connectivity index (χ0v) is 13.6. The molecule has 0 fully saturated rings. The maximum atomic E-state index is 11.7. The Labute approximate surface area is 153 Å². The van der Waals surface area contributed by atoms with E-state index in [1.807, 2.05) is 17.5 Å². The first-order valence-corrected chi connectivity index (χ1v) is 6.39. The van der Waals surface area contributed by atoms with Crippen LogP contribution in [0, 0.1) is 0 Å². The fourth-order valence-corrected chi connectivity index (χ4v) is 2.11. The van der Waals surface area contributed by atoms with Crippen LogP contribution >= 0.6 is 11.3 Å². The summed E-state index contributed by atoms with van der Waals surface area (Å²) in [6.07, 6.45) is 3.06. The van der Waals surface area contributed by atoms with Crippen LogP contribution in [0.2, 0.25) is 0 Å². The van der Waals surface area contributed by atoms with Gasteiger partial charge in [0.15, 0.2) is 0 Å². The number of aromatic carboxylic acids is 1. The molecule has 100 valence electrons. The Kier molecular flexibility index (Phi) is 6.95. The third kappa shape index (κ3) is 4.76. The van der Waals surface area contributed by atoms with Crippen molar-refractivity contribution in [2.45, 2.75) is 0 Å². The molecule has 0 saturated carbocycles. The average Bonchev–Trinajstić information content (AvgIpc) is 2.90. The van der Waals surface area contributed by atoms with Crippen LogP contribution in [0.15, 0.2) is 47.9 Å². The quantitative estimate of drug-likeness (QED) is 0.673. The van der Waals surface area contributed by atoms with Crippen LogP contribution in [0.4, 0.5) is 5.69 Å². The number of hydrogen-bond acceptors (Lipinski definition) is 3. The van der Waals surface area contributed by atoms with Gasteiger partial charge in [-0.1, -0.05) is 18.2 Å². The minimum Gasteiger partial charge on any atom is -1.00 e. The molecular formula is C14H13CaNO3S. The molecule has 6 heteroatoms. The van der Waals surface area contributed by atoms with Crippen molar-refractivity contribution in [1.29, 1.82) is 0 Å². The molecule has 0 radical (unpaired) electrons. The Bertz CT molecular complexity index is 633. The summed E-state index contributed by atoms with van der Waals surface area (Å²) in [6.45, 7) is 0. The minimum atomic E-state index is -1.07. The van der Waals surface area contributed by atoms with Crippen molar-refractivity contribution < 1.29 is 17.5 Å². The van der Waals surface area contributed by atoms with Crippen LogP contribution in [-0.2, 0) is 4.79 Å². The summed E-state index contributed by atoms with van der Waals surface area (Å²) in [7, 11) is 0. The first-order valence-electron chi connectivity index (χ1n) is 5.52. The normalized spacial score (nSPS) is 10.0. The van der Waals surface area contributed by atoms with Crippen molar-refractivity contribution in [2.75, 3.05) is 5.32 Å². The van der Waals surface area contributed by atoms with Crippen molar-refractivity contribution >= 4 is 72.7 Å². The van der Waals surface area contributed by atoms with Crippen molar-refractivity contribution in [2.24, 2.45) is 0 Å². The van der Waals surface area contributed by atoms with Crippen molar-refractivity contribution in [1.82, 2.24) is 0 Å². The van der Waals surface area contributed by atoms with Crippen LogP contribution in [0.1, 0.15) is 18.1 Å². The predicted molar refractivity (Wildman–Crippen MR) is 83.4 cm³/mol. The first kappa shape index (κ1) is 16.9. The second-order valence-electron chi connectivity index (χ2n) is 3.69. The first-order chi connectivity index (χ1) is 9.16. The van der Waals surface area contributed by atoms with Crippen LogP contribution in [0.25, 0.3) is 6.08 Å². The fraction of sp³-hybridized carbons (Fsp3) is 0. The van der Waals surface area contributed by atoms with E-state index in [0.29, 0.717) is 0 Å². The van der Waals surface area contributed by atoms with Gasteiger partial charge in [-0.3, -0.25) is 4.79 Å². The maximum absolute atomic E-state index is 11.7. The molecule has 1 heterocycles. The number of anilines is 1. The van der Waals surface area contributed by atoms with E-state index in [1.165, 1.54) is 23.5 Å². The van der Waals surface area contributed by atoms with Gasteiger partial charge in [0.25, 0.3) is 0 Å². The van der Waals surface area contributed by atoms with Crippen molar-refractivity contribution in [3.05, 3.63) is 58.3 Å².